The molecule has 0 bridgehead atoms. The first-order valence-electron chi connectivity index (χ1n) is 5.00. The number of hydrogen-bond acceptors (Lipinski definition) is 4. The second-order valence-corrected chi connectivity index (χ2v) is 4.82. The van der Waals surface area contributed by atoms with Crippen molar-refractivity contribution in [3.05, 3.63) is 0 Å². The molecule has 2 heterocycles. The van der Waals surface area contributed by atoms with E-state index in [9.17, 15) is 14.4 Å². The van der Waals surface area contributed by atoms with Crippen molar-refractivity contribution in [3.63, 3.8) is 0 Å². The molecule has 1 unspecified atom stereocenters. The van der Waals surface area contributed by atoms with Crippen LogP contribution in [0.3, 0.4) is 0 Å². The smallest absolute Gasteiger partial charge is 0.303 e. The van der Waals surface area contributed by atoms with E-state index in [0.717, 1.165) is 0 Å². The molecule has 16 heavy (non-hydrogen) atoms. The third kappa shape index (κ3) is 1.99. The van der Waals surface area contributed by atoms with E-state index in [-0.39, 0.29) is 30.7 Å². The molecule has 2 atom stereocenters. The van der Waals surface area contributed by atoms with Gasteiger partial charge in [0.25, 0.3) is 0 Å². The molecular weight excluding hydrogens is 232 g/mol. The molecule has 2 aliphatic heterocycles. The van der Waals surface area contributed by atoms with Crippen LogP contribution in [0.5, 0.6) is 0 Å². The number of nitrogens with one attached hydrogen (secondary N) is 1. The van der Waals surface area contributed by atoms with Crippen molar-refractivity contribution in [3.8, 4) is 0 Å². The van der Waals surface area contributed by atoms with Crippen molar-refractivity contribution in [1.82, 2.24) is 10.2 Å². The minimum Gasteiger partial charge on any atom is -0.481 e. The number of carboxylic acids is 1. The maximum atomic E-state index is 11.9. The second kappa shape index (κ2) is 4.32. The van der Waals surface area contributed by atoms with E-state index in [2.05, 4.69) is 5.32 Å². The number of aliphatic carboxylic acids is 1. The molecule has 0 radical (unpaired) electrons. The number of piperazine rings is 1. The zero-order valence-electron chi connectivity index (χ0n) is 8.51. The Morgan fingerprint density at radius 1 is 1.56 bits per heavy atom. The van der Waals surface area contributed by atoms with Gasteiger partial charge in [0.05, 0.1) is 5.88 Å². The van der Waals surface area contributed by atoms with Gasteiger partial charge in [-0.25, -0.2) is 0 Å². The number of carbonyl (C=O) groups is 3. The highest BCUT2D eigenvalue weighted by Crippen LogP contribution is 2.25. The summed E-state index contributed by atoms with van der Waals surface area (Å²) in [6.45, 7) is 0. The second-order valence-electron chi connectivity index (χ2n) is 3.82. The van der Waals surface area contributed by atoms with Crippen LogP contribution in [0.25, 0.3) is 0 Å². The largest absolute Gasteiger partial charge is 0.481 e. The van der Waals surface area contributed by atoms with Crippen LogP contribution in [0.2, 0.25) is 0 Å². The number of hydrogen-bond donors (Lipinski definition) is 2. The van der Waals surface area contributed by atoms with E-state index in [4.69, 9.17) is 5.11 Å². The molecule has 2 amide bonds. The van der Waals surface area contributed by atoms with Gasteiger partial charge in [-0.2, -0.15) is 0 Å². The fourth-order valence-electron chi connectivity index (χ4n) is 1.87. The van der Waals surface area contributed by atoms with Gasteiger partial charge in [0.15, 0.2) is 0 Å². The van der Waals surface area contributed by atoms with Crippen LogP contribution < -0.4 is 5.32 Å². The Bertz CT molecular complexity index is 346. The Morgan fingerprint density at radius 2 is 2.31 bits per heavy atom. The van der Waals surface area contributed by atoms with Gasteiger partial charge in [0, 0.05) is 12.2 Å². The molecular formula is C9H12N2O4S. The Balaban J connectivity index is 2.02. The molecule has 0 aromatic carbocycles. The fourth-order valence-corrected chi connectivity index (χ4v) is 3.03. The summed E-state index contributed by atoms with van der Waals surface area (Å²) >= 11 is 1.54. The van der Waals surface area contributed by atoms with Crippen LogP contribution >= 0.6 is 11.8 Å². The van der Waals surface area contributed by atoms with Crippen molar-refractivity contribution in [1.29, 1.82) is 0 Å². The van der Waals surface area contributed by atoms with Gasteiger partial charge in [0.2, 0.25) is 11.8 Å². The van der Waals surface area contributed by atoms with Gasteiger partial charge >= 0.3 is 5.97 Å². The third-order valence-electron chi connectivity index (χ3n) is 2.73. The van der Waals surface area contributed by atoms with Gasteiger partial charge in [-0.3, -0.25) is 14.4 Å². The van der Waals surface area contributed by atoms with Crippen molar-refractivity contribution in [2.45, 2.75) is 24.9 Å². The molecule has 0 saturated carbocycles. The molecule has 2 rings (SSSR count). The summed E-state index contributed by atoms with van der Waals surface area (Å²) in [6, 6.07) is -1.03. The lowest BCUT2D eigenvalue weighted by Gasteiger charge is -2.33. The molecule has 0 aromatic heterocycles. The maximum Gasteiger partial charge on any atom is 0.303 e. The number of nitrogens with zero attached hydrogens (tertiary/aromatic N) is 1. The van der Waals surface area contributed by atoms with E-state index < -0.39 is 12.0 Å². The first-order valence-corrected chi connectivity index (χ1v) is 6.15. The van der Waals surface area contributed by atoms with Crippen molar-refractivity contribution in [2.24, 2.45) is 0 Å². The van der Waals surface area contributed by atoms with Crippen molar-refractivity contribution < 1.29 is 19.5 Å². The van der Waals surface area contributed by atoms with E-state index in [1.807, 2.05) is 0 Å². The average molecular weight is 244 g/mol. The Kier molecular flexibility index (Phi) is 3.04. The van der Waals surface area contributed by atoms with Gasteiger partial charge in [0.1, 0.15) is 12.1 Å². The molecule has 88 valence electrons. The first-order chi connectivity index (χ1) is 7.59. The minimum absolute atomic E-state index is 0.109. The zero-order valence-corrected chi connectivity index (χ0v) is 9.33. The monoisotopic (exact) mass is 244 g/mol. The standard InChI is InChI=1S/C9H12N2O4S/c12-7(13)2-1-5-9(15)11-4-16-3-6(11)8(14)10-5/h5-6H,1-4H2,(H,10,14)(H,12,13)/t5-,6?/m0/s1. The molecule has 7 heteroatoms. The van der Waals surface area contributed by atoms with Crippen LogP contribution in [0, 0.1) is 0 Å². The quantitative estimate of drug-likeness (QED) is 0.682. The molecule has 0 aromatic rings. The maximum absolute atomic E-state index is 11.9. The van der Waals surface area contributed by atoms with Crippen molar-refractivity contribution >= 4 is 29.5 Å². The molecule has 6 nitrogen and oxygen atoms in total. The molecule has 0 aliphatic carbocycles. The number of carboxylic acid groups (broad SMARTS) is 1. The summed E-state index contributed by atoms with van der Waals surface area (Å²) in [6.07, 6.45) is 0.0517. The summed E-state index contributed by atoms with van der Waals surface area (Å²) in [4.78, 5) is 35.4. The topological polar surface area (TPSA) is 86.7 Å². The SMILES string of the molecule is O=C(O)CC[C@@H]1NC(=O)C2CSCN2C1=O. The fraction of sp³-hybridized carbons (Fsp3) is 0.667. The molecule has 2 fully saturated rings. The number of amides is 2. The van der Waals surface area contributed by atoms with Crippen molar-refractivity contribution in [2.75, 3.05) is 11.6 Å². The summed E-state index contributed by atoms with van der Waals surface area (Å²) in [5.41, 5.74) is 0. The Hall–Kier alpha value is -1.24. The Morgan fingerprint density at radius 3 is 3.00 bits per heavy atom. The van der Waals surface area contributed by atoms with Crippen LogP contribution in [0.15, 0.2) is 0 Å². The van der Waals surface area contributed by atoms with Crippen LogP contribution in [0.4, 0.5) is 0 Å². The number of carbonyl (C=O) groups excluding carboxylic acids is 2. The minimum atomic E-state index is -0.958. The van der Waals surface area contributed by atoms with E-state index in [1.54, 1.807) is 11.8 Å². The summed E-state index contributed by atoms with van der Waals surface area (Å²) < 4.78 is 0. The van der Waals surface area contributed by atoms with Gasteiger partial charge in [-0.05, 0) is 6.42 Å². The predicted octanol–water partition coefficient (Wildman–Crippen LogP) is -0.749. The first kappa shape index (κ1) is 11.3. The van der Waals surface area contributed by atoms with Gasteiger partial charge in [-0.1, -0.05) is 0 Å². The molecule has 2 saturated heterocycles. The molecule has 2 N–H and O–H groups in total. The molecule has 2 aliphatic rings. The highest BCUT2D eigenvalue weighted by atomic mass is 32.2. The lowest BCUT2D eigenvalue weighted by molar-refractivity contribution is -0.147. The summed E-state index contributed by atoms with van der Waals surface area (Å²) in [5.74, 6) is -0.125. The zero-order chi connectivity index (χ0) is 11.7. The lowest BCUT2D eigenvalue weighted by atomic mass is 10.0. The number of fused-ring (bicyclic) bond motifs is 1. The number of rotatable bonds is 3. The van der Waals surface area contributed by atoms with E-state index >= 15 is 0 Å². The van der Waals surface area contributed by atoms with E-state index in [1.165, 1.54) is 4.90 Å². The Labute approximate surface area is 96.4 Å². The highest BCUT2D eigenvalue weighted by molar-refractivity contribution is 7.99. The molecule has 0 spiro atoms. The summed E-state index contributed by atoms with van der Waals surface area (Å²) in [7, 11) is 0. The highest BCUT2D eigenvalue weighted by Gasteiger charge is 2.43. The predicted molar refractivity (Wildman–Crippen MR) is 56.8 cm³/mol. The lowest BCUT2D eigenvalue weighted by Crippen LogP contribution is -2.61. The van der Waals surface area contributed by atoms with Crippen LogP contribution in [-0.4, -0.2) is 51.5 Å². The normalized spacial score (nSPS) is 28.9. The van der Waals surface area contributed by atoms with Gasteiger partial charge < -0.3 is 15.3 Å². The van der Waals surface area contributed by atoms with Crippen LogP contribution in [-0.2, 0) is 14.4 Å². The van der Waals surface area contributed by atoms with E-state index in [0.29, 0.717) is 11.6 Å². The third-order valence-corrected chi connectivity index (χ3v) is 3.74. The number of thioether (sulfide) groups is 1. The van der Waals surface area contributed by atoms with Crippen LogP contribution in [0.1, 0.15) is 12.8 Å². The van der Waals surface area contributed by atoms with Gasteiger partial charge in [-0.15, -0.1) is 11.8 Å². The summed E-state index contributed by atoms with van der Waals surface area (Å²) in [5, 5.41) is 11.1. The average Bonchev–Trinajstić information content (AvgIpc) is 2.70.